The van der Waals surface area contributed by atoms with Gasteiger partial charge in [0.25, 0.3) is 5.91 Å². The Morgan fingerprint density at radius 1 is 1.08 bits per heavy atom. The Balaban J connectivity index is 1.85. The number of nitrogens with zero attached hydrogens (tertiary/aromatic N) is 1. The quantitative estimate of drug-likeness (QED) is 0.775. The third-order valence-electron chi connectivity index (χ3n) is 4.45. The number of carbonyl (C=O) groups is 1. The molecule has 0 N–H and O–H groups in total. The first-order valence-electron chi connectivity index (χ1n) is 8.00. The summed E-state index contributed by atoms with van der Waals surface area (Å²) in [6, 6.07) is 9.61. The van der Waals surface area contributed by atoms with E-state index in [4.69, 9.17) is 11.6 Å². The molecule has 138 valence electrons. The zero-order valence-corrected chi connectivity index (χ0v) is 15.2. The number of sulfone groups is 1. The van der Waals surface area contributed by atoms with E-state index >= 15 is 0 Å². The Kier molecular flexibility index (Phi) is 5.29. The molecule has 1 heterocycles. The van der Waals surface area contributed by atoms with E-state index in [1.54, 1.807) is 24.3 Å². The van der Waals surface area contributed by atoms with Crippen molar-refractivity contribution in [1.82, 2.24) is 4.90 Å². The summed E-state index contributed by atoms with van der Waals surface area (Å²) < 4.78 is 51.7. The number of rotatable bonds is 2. The average Bonchev–Trinajstić information content (AvgIpc) is 2.75. The van der Waals surface area contributed by atoms with Gasteiger partial charge in [-0.2, -0.15) is 0 Å². The summed E-state index contributed by atoms with van der Waals surface area (Å²) in [5.74, 6) is -2.91. The summed E-state index contributed by atoms with van der Waals surface area (Å²) in [7, 11) is -3.51. The normalized spacial score (nSPS) is 19.8. The highest BCUT2D eigenvalue weighted by Crippen LogP contribution is 2.34. The molecule has 1 amide bonds. The molecule has 0 bridgehead atoms. The average molecular weight is 400 g/mol. The maximum Gasteiger partial charge on any atom is 0.253 e. The maximum atomic E-state index is 13.4. The van der Waals surface area contributed by atoms with E-state index in [0.29, 0.717) is 10.6 Å². The molecular formula is C18H16ClF2NO3S. The Bertz CT molecular complexity index is 949. The summed E-state index contributed by atoms with van der Waals surface area (Å²) in [6.45, 7) is 0.161. The summed E-state index contributed by atoms with van der Waals surface area (Å²) in [5, 5.41) is -0.444. The van der Waals surface area contributed by atoms with E-state index in [0.717, 1.165) is 12.1 Å². The fraction of sp³-hybridized carbons (Fsp3) is 0.278. The number of hydrogen-bond donors (Lipinski definition) is 0. The van der Waals surface area contributed by atoms with Crippen molar-refractivity contribution in [2.24, 2.45) is 0 Å². The summed E-state index contributed by atoms with van der Waals surface area (Å²) in [5.41, 5.74) is 0.494. The van der Waals surface area contributed by atoms with Gasteiger partial charge in [-0.1, -0.05) is 29.8 Å². The van der Waals surface area contributed by atoms with E-state index in [2.05, 4.69) is 0 Å². The second-order valence-corrected chi connectivity index (χ2v) is 8.80. The van der Waals surface area contributed by atoms with Crippen LogP contribution >= 0.6 is 11.6 Å². The van der Waals surface area contributed by atoms with Crippen molar-refractivity contribution < 1.29 is 22.0 Å². The molecule has 8 heteroatoms. The molecule has 1 unspecified atom stereocenters. The van der Waals surface area contributed by atoms with Crippen LogP contribution in [0.15, 0.2) is 42.5 Å². The minimum Gasteiger partial charge on any atom is -0.338 e. The Hall–Kier alpha value is -1.99. The van der Waals surface area contributed by atoms with Crippen LogP contribution in [0.5, 0.6) is 0 Å². The van der Waals surface area contributed by atoms with Crippen molar-refractivity contribution >= 4 is 27.3 Å². The highest BCUT2D eigenvalue weighted by molar-refractivity contribution is 7.91. The molecule has 0 aliphatic carbocycles. The first-order valence-corrected chi connectivity index (χ1v) is 10.1. The second kappa shape index (κ2) is 7.32. The molecule has 3 rings (SSSR count). The van der Waals surface area contributed by atoms with Crippen molar-refractivity contribution in [3.05, 3.63) is 70.2 Å². The van der Waals surface area contributed by atoms with E-state index in [-0.39, 0.29) is 30.8 Å². The van der Waals surface area contributed by atoms with Crippen LogP contribution in [0.3, 0.4) is 0 Å². The predicted molar refractivity (Wildman–Crippen MR) is 94.9 cm³/mol. The Morgan fingerprint density at radius 2 is 1.81 bits per heavy atom. The lowest BCUT2D eigenvalue weighted by molar-refractivity contribution is 0.0766. The van der Waals surface area contributed by atoms with E-state index in [1.165, 1.54) is 11.0 Å². The van der Waals surface area contributed by atoms with Gasteiger partial charge in [0.1, 0.15) is 0 Å². The molecule has 0 saturated carbocycles. The van der Waals surface area contributed by atoms with Crippen LogP contribution in [0.25, 0.3) is 0 Å². The molecule has 2 aromatic rings. The van der Waals surface area contributed by atoms with Crippen LogP contribution in [-0.4, -0.2) is 38.1 Å². The van der Waals surface area contributed by atoms with E-state index < -0.39 is 32.6 Å². The van der Waals surface area contributed by atoms with Gasteiger partial charge in [-0.25, -0.2) is 17.2 Å². The lowest BCUT2D eigenvalue weighted by Gasteiger charge is -2.20. The van der Waals surface area contributed by atoms with Crippen LogP contribution < -0.4 is 0 Å². The monoisotopic (exact) mass is 399 g/mol. The topological polar surface area (TPSA) is 54.5 Å². The minimum atomic E-state index is -3.51. The van der Waals surface area contributed by atoms with E-state index in [9.17, 15) is 22.0 Å². The molecule has 1 aliphatic rings. The SMILES string of the molecule is O=C(c1ccc(F)c(F)c1)N1CCC(c2ccccc2Cl)S(=O)(=O)CC1. The standard InChI is InChI=1S/C18H16ClF2NO3S/c19-14-4-2-1-3-13(14)17-7-8-22(9-10-26(17,24)25)18(23)12-5-6-15(20)16(21)11-12/h1-6,11,17H,7-10H2. The van der Waals surface area contributed by atoms with Crippen molar-refractivity contribution in [3.63, 3.8) is 0 Å². The molecule has 0 spiro atoms. The van der Waals surface area contributed by atoms with Crippen LogP contribution in [-0.2, 0) is 9.84 Å². The molecule has 26 heavy (non-hydrogen) atoms. The zero-order chi connectivity index (χ0) is 18.9. The van der Waals surface area contributed by atoms with E-state index in [1.807, 2.05) is 0 Å². The van der Waals surface area contributed by atoms with Crippen molar-refractivity contribution in [3.8, 4) is 0 Å². The molecule has 1 aliphatic heterocycles. The third kappa shape index (κ3) is 3.73. The van der Waals surface area contributed by atoms with Gasteiger partial charge in [0.2, 0.25) is 0 Å². The Labute approximate surface area is 155 Å². The van der Waals surface area contributed by atoms with Gasteiger partial charge in [0, 0.05) is 23.7 Å². The predicted octanol–water partition coefficient (Wildman–Crippen LogP) is 3.62. The first kappa shape index (κ1) is 18.8. The van der Waals surface area contributed by atoms with Gasteiger partial charge in [0.15, 0.2) is 21.5 Å². The molecular weight excluding hydrogens is 384 g/mol. The largest absolute Gasteiger partial charge is 0.338 e. The lowest BCUT2D eigenvalue weighted by Crippen LogP contribution is -2.33. The fourth-order valence-corrected chi connectivity index (χ4v) is 5.19. The molecule has 1 fully saturated rings. The van der Waals surface area contributed by atoms with Crippen LogP contribution in [0.1, 0.15) is 27.6 Å². The van der Waals surface area contributed by atoms with Crippen LogP contribution in [0.4, 0.5) is 8.78 Å². The third-order valence-corrected chi connectivity index (χ3v) is 6.90. The van der Waals surface area contributed by atoms with Gasteiger partial charge >= 0.3 is 0 Å². The number of carbonyl (C=O) groups excluding carboxylic acids is 1. The maximum absolute atomic E-state index is 13.4. The fourth-order valence-electron chi connectivity index (χ4n) is 3.04. The van der Waals surface area contributed by atoms with Gasteiger partial charge < -0.3 is 4.90 Å². The summed E-state index contributed by atoms with van der Waals surface area (Å²) in [4.78, 5) is 13.9. The lowest BCUT2D eigenvalue weighted by atomic mass is 10.1. The molecule has 0 radical (unpaired) electrons. The van der Waals surface area contributed by atoms with Gasteiger partial charge in [-0.3, -0.25) is 4.79 Å². The van der Waals surface area contributed by atoms with Gasteiger partial charge in [-0.15, -0.1) is 0 Å². The van der Waals surface area contributed by atoms with Crippen molar-refractivity contribution in [1.29, 1.82) is 0 Å². The highest BCUT2D eigenvalue weighted by atomic mass is 35.5. The number of hydrogen-bond acceptors (Lipinski definition) is 3. The summed E-state index contributed by atoms with van der Waals surface area (Å²) >= 11 is 6.14. The van der Waals surface area contributed by atoms with Gasteiger partial charge in [-0.05, 0) is 36.2 Å². The van der Waals surface area contributed by atoms with Crippen LogP contribution in [0, 0.1) is 11.6 Å². The minimum absolute atomic E-state index is 0.0128. The smallest absolute Gasteiger partial charge is 0.253 e. The molecule has 1 atom stereocenters. The number of halogens is 3. The molecule has 0 aromatic heterocycles. The van der Waals surface area contributed by atoms with Crippen LogP contribution in [0.2, 0.25) is 5.02 Å². The van der Waals surface area contributed by atoms with Crippen molar-refractivity contribution in [2.45, 2.75) is 11.7 Å². The highest BCUT2D eigenvalue weighted by Gasteiger charge is 2.34. The molecule has 1 saturated heterocycles. The second-order valence-electron chi connectivity index (χ2n) is 6.09. The van der Waals surface area contributed by atoms with Gasteiger partial charge in [0.05, 0.1) is 11.0 Å². The molecule has 2 aromatic carbocycles. The first-order chi connectivity index (χ1) is 12.3. The Morgan fingerprint density at radius 3 is 2.50 bits per heavy atom. The van der Waals surface area contributed by atoms with Crippen molar-refractivity contribution in [2.75, 3.05) is 18.8 Å². The zero-order valence-electron chi connectivity index (χ0n) is 13.7. The summed E-state index contributed by atoms with van der Waals surface area (Å²) in [6.07, 6.45) is 0.182. The molecule has 4 nitrogen and oxygen atoms in total. The number of amides is 1. The number of benzene rings is 2.